The second-order valence-electron chi connectivity index (χ2n) is 5.55. The summed E-state index contributed by atoms with van der Waals surface area (Å²) in [5, 5.41) is 4.29. The topological polar surface area (TPSA) is 15.3 Å². The minimum Gasteiger partial charge on any atom is -0.310 e. The van der Waals surface area contributed by atoms with Gasteiger partial charge in [0.05, 0.1) is 0 Å². The van der Waals surface area contributed by atoms with Gasteiger partial charge in [-0.15, -0.1) is 0 Å². The van der Waals surface area contributed by atoms with E-state index in [1.165, 1.54) is 24.0 Å². The molecule has 104 valence electrons. The van der Waals surface area contributed by atoms with Crippen LogP contribution in [0.15, 0.2) is 36.4 Å². The lowest BCUT2D eigenvalue weighted by Crippen LogP contribution is -2.29. The second-order valence-corrected chi connectivity index (χ2v) is 5.98. The molecule has 0 heterocycles. The second kappa shape index (κ2) is 6.56. The van der Waals surface area contributed by atoms with Crippen LogP contribution in [0.1, 0.15) is 31.4 Å². The van der Waals surface area contributed by atoms with Crippen molar-refractivity contribution in [2.45, 2.75) is 31.8 Å². The van der Waals surface area contributed by atoms with Crippen LogP contribution in [0.5, 0.6) is 0 Å². The van der Waals surface area contributed by atoms with Crippen molar-refractivity contribution in [3.63, 3.8) is 0 Å². The molecular formula is C16H23ClN2. The molecule has 0 bridgehead atoms. The number of hydrogen-bond donors (Lipinski definition) is 1. The van der Waals surface area contributed by atoms with Crippen molar-refractivity contribution in [1.29, 1.82) is 0 Å². The maximum absolute atomic E-state index is 5.92. The van der Waals surface area contributed by atoms with E-state index in [1.807, 2.05) is 12.1 Å². The molecule has 1 aromatic carbocycles. The van der Waals surface area contributed by atoms with Gasteiger partial charge in [-0.2, -0.15) is 0 Å². The monoisotopic (exact) mass is 278 g/mol. The summed E-state index contributed by atoms with van der Waals surface area (Å²) in [6.45, 7) is 8.23. The highest BCUT2D eigenvalue weighted by molar-refractivity contribution is 6.30. The molecule has 0 aromatic heterocycles. The lowest BCUT2D eigenvalue weighted by atomic mass is 10.1. The minimum absolute atomic E-state index is 0.370. The van der Waals surface area contributed by atoms with E-state index in [0.29, 0.717) is 6.04 Å². The Labute approximate surface area is 121 Å². The van der Waals surface area contributed by atoms with Crippen LogP contribution in [0.3, 0.4) is 0 Å². The van der Waals surface area contributed by atoms with Crippen LogP contribution in [0, 0.1) is 0 Å². The van der Waals surface area contributed by atoms with Crippen molar-refractivity contribution in [2.24, 2.45) is 0 Å². The molecule has 1 aliphatic carbocycles. The molecule has 2 rings (SSSR count). The maximum atomic E-state index is 5.92. The fourth-order valence-corrected chi connectivity index (χ4v) is 2.24. The molecular weight excluding hydrogens is 256 g/mol. The predicted molar refractivity (Wildman–Crippen MR) is 82.7 cm³/mol. The average Bonchev–Trinajstić information content (AvgIpc) is 3.20. The van der Waals surface area contributed by atoms with Crippen molar-refractivity contribution < 1.29 is 0 Å². The van der Waals surface area contributed by atoms with Gasteiger partial charge in [0.15, 0.2) is 0 Å². The summed E-state index contributed by atoms with van der Waals surface area (Å²) in [5.74, 6) is 0. The first-order valence-electron chi connectivity index (χ1n) is 6.92. The Hall–Kier alpha value is -0.830. The summed E-state index contributed by atoms with van der Waals surface area (Å²) in [5.41, 5.74) is 2.53. The molecule has 0 aliphatic heterocycles. The standard InChI is InChI=1S/C16H23ClN2/c1-12(10-18-16-8-9-16)11-19(3)13(2)14-4-6-15(17)7-5-14/h4-7,13,16,18H,1,8-11H2,2-3H3. The summed E-state index contributed by atoms with van der Waals surface area (Å²) >= 11 is 5.92. The van der Waals surface area contributed by atoms with Gasteiger partial charge in [-0.1, -0.05) is 30.3 Å². The normalized spacial score (nSPS) is 16.6. The fourth-order valence-electron chi connectivity index (χ4n) is 2.12. The third kappa shape index (κ3) is 4.64. The zero-order valence-electron chi connectivity index (χ0n) is 11.8. The van der Waals surface area contributed by atoms with E-state index in [2.05, 4.69) is 42.9 Å². The Morgan fingerprint density at radius 2 is 2.05 bits per heavy atom. The third-order valence-electron chi connectivity index (χ3n) is 3.70. The molecule has 0 spiro atoms. The zero-order chi connectivity index (χ0) is 13.8. The molecule has 1 atom stereocenters. The van der Waals surface area contributed by atoms with Crippen molar-refractivity contribution >= 4 is 11.6 Å². The number of nitrogens with one attached hydrogen (secondary N) is 1. The Bertz CT molecular complexity index is 423. The first-order chi connectivity index (χ1) is 9.06. The number of halogens is 1. The predicted octanol–water partition coefficient (Wildman–Crippen LogP) is 3.64. The van der Waals surface area contributed by atoms with E-state index < -0.39 is 0 Å². The summed E-state index contributed by atoms with van der Waals surface area (Å²) in [4.78, 5) is 2.32. The van der Waals surface area contributed by atoms with Crippen LogP contribution in [0.25, 0.3) is 0 Å². The molecule has 1 saturated carbocycles. The first-order valence-corrected chi connectivity index (χ1v) is 7.30. The van der Waals surface area contributed by atoms with Gasteiger partial charge in [-0.3, -0.25) is 4.90 Å². The van der Waals surface area contributed by atoms with Crippen LogP contribution in [-0.4, -0.2) is 31.1 Å². The van der Waals surface area contributed by atoms with Crippen LogP contribution in [-0.2, 0) is 0 Å². The van der Waals surface area contributed by atoms with Gasteiger partial charge in [0, 0.05) is 30.2 Å². The van der Waals surface area contributed by atoms with Gasteiger partial charge in [0.2, 0.25) is 0 Å². The maximum Gasteiger partial charge on any atom is 0.0406 e. The largest absolute Gasteiger partial charge is 0.310 e. The van der Waals surface area contributed by atoms with Gasteiger partial charge in [0.25, 0.3) is 0 Å². The van der Waals surface area contributed by atoms with E-state index in [9.17, 15) is 0 Å². The Morgan fingerprint density at radius 3 is 2.63 bits per heavy atom. The van der Waals surface area contributed by atoms with E-state index in [0.717, 1.165) is 24.2 Å². The smallest absolute Gasteiger partial charge is 0.0406 e. The molecule has 1 N–H and O–H groups in total. The highest BCUT2D eigenvalue weighted by atomic mass is 35.5. The first kappa shape index (κ1) is 14.6. The number of rotatable bonds is 7. The van der Waals surface area contributed by atoms with Crippen LogP contribution >= 0.6 is 11.6 Å². The van der Waals surface area contributed by atoms with Gasteiger partial charge in [0.1, 0.15) is 0 Å². The Kier molecular flexibility index (Phi) is 5.03. The SMILES string of the molecule is C=C(CNC1CC1)CN(C)C(C)c1ccc(Cl)cc1. The van der Waals surface area contributed by atoms with E-state index in [1.54, 1.807) is 0 Å². The molecule has 2 nitrogen and oxygen atoms in total. The van der Waals surface area contributed by atoms with E-state index in [4.69, 9.17) is 11.6 Å². The summed E-state index contributed by atoms with van der Waals surface area (Å²) in [6.07, 6.45) is 2.65. The Morgan fingerprint density at radius 1 is 1.42 bits per heavy atom. The number of benzene rings is 1. The number of nitrogens with zero attached hydrogens (tertiary/aromatic N) is 1. The van der Waals surface area contributed by atoms with Gasteiger partial charge >= 0.3 is 0 Å². The molecule has 19 heavy (non-hydrogen) atoms. The van der Waals surface area contributed by atoms with Gasteiger partial charge < -0.3 is 5.32 Å². The van der Waals surface area contributed by atoms with Crippen molar-refractivity contribution in [3.05, 3.63) is 47.0 Å². The molecule has 3 heteroatoms. The van der Waals surface area contributed by atoms with Crippen molar-refractivity contribution in [3.8, 4) is 0 Å². The Balaban J connectivity index is 1.81. The van der Waals surface area contributed by atoms with Crippen LogP contribution in [0.4, 0.5) is 0 Å². The molecule has 0 radical (unpaired) electrons. The lowest BCUT2D eigenvalue weighted by molar-refractivity contribution is 0.281. The van der Waals surface area contributed by atoms with Crippen LogP contribution < -0.4 is 5.32 Å². The zero-order valence-corrected chi connectivity index (χ0v) is 12.6. The molecule has 1 fully saturated rings. The highest BCUT2D eigenvalue weighted by Crippen LogP contribution is 2.22. The molecule has 1 unspecified atom stereocenters. The molecule has 1 aromatic rings. The minimum atomic E-state index is 0.370. The van der Waals surface area contributed by atoms with E-state index in [-0.39, 0.29) is 0 Å². The molecule has 1 aliphatic rings. The number of hydrogen-bond acceptors (Lipinski definition) is 2. The third-order valence-corrected chi connectivity index (χ3v) is 3.96. The lowest BCUT2D eigenvalue weighted by Gasteiger charge is -2.26. The summed E-state index contributed by atoms with van der Waals surface area (Å²) < 4.78 is 0. The molecule has 0 saturated heterocycles. The quantitative estimate of drug-likeness (QED) is 0.766. The van der Waals surface area contributed by atoms with Crippen molar-refractivity contribution in [2.75, 3.05) is 20.1 Å². The highest BCUT2D eigenvalue weighted by Gasteiger charge is 2.20. The number of likely N-dealkylation sites (N-methyl/N-ethyl adjacent to an activating group) is 1. The van der Waals surface area contributed by atoms with Crippen LogP contribution in [0.2, 0.25) is 5.02 Å². The average molecular weight is 279 g/mol. The fraction of sp³-hybridized carbons (Fsp3) is 0.500. The van der Waals surface area contributed by atoms with E-state index >= 15 is 0 Å². The summed E-state index contributed by atoms with van der Waals surface area (Å²) in [6, 6.07) is 9.20. The molecule has 0 amide bonds. The van der Waals surface area contributed by atoms with Gasteiger partial charge in [-0.25, -0.2) is 0 Å². The summed E-state index contributed by atoms with van der Waals surface area (Å²) in [7, 11) is 2.14. The van der Waals surface area contributed by atoms with Gasteiger partial charge in [-0.05, 0) is 50.1 Å². The van der Waals surface area contributed by atoms with Crippen molar-refractivity contribution in [1.82, 2.24) is 10.2 Å².